The van der Waals surface area contributed by atoms with Crippen LogP contribution < -0.4 is 8.19 Å². The molecule has 2 nitrogen and oxygen atoms in total. The Morgan fingerprint density at radius 1 is 0.778 bits per heavy atom. The molecule has 0 aliphatic carbocycles. The van der Waals surface area contributed by atoms with Gasteiger partial charge in [0.05, 0.1) is 0 Å². The van der Waals surface area contributed by atoms with Crippen LogP contribution in [0.4, 0.5) is 0 Å². The van der Waals surface area contributed by atoms with E-state index < -0.39 is 30.0 Å². The SMILES string of the molecule is C[As](C)[O-].C[As](C)[O-].[Mg+2]. The van der Waals surface area contributed by atoms with Gasteiger partial charge in [-0.3, -0.25) is 0 Å². The van der Waals surface area contributed by atoms with Crippen LogP contribution in [0.15, 0.2) is 0 Å². The van der Waals surface area contributed by atoms with Crippen molar-refractivity contribution in [3.63, 3.8) is 0 Å². The largest absolute Gasteiger partial charge is 2.00 e. The van der Waals surface area contributed by atoms with Crippen molar-refractivity contribution in [1.82, 2.24) is 0 Å². The van der Waals surface area contributed by atoms with E-state index in [1.807, 2.05) is 0 Å². The Morgan fingerprint density at radius 2 is 0.778 bits per heavy atom. The average Bonchev–Trinajstić information content (AvgIpc) is 1.25. The quantitative estimate of drug-likeness (QED) is 0.518. The van der Waals surface area contributed by atoms with Gasteiger partial charge in [0.25, 0.3) is 0 Å². The van der Waals surface area contributed by atoms with Crippen molar-refractivity contribution in [2.75, 3.05) is 0 Å². The van der Waals surface area contributed by atoms with E-state index in [-0.39, 0.29) is 23.1 Å². The molecule has 0 unspecified atom stereocenters. The van der Waals surface area contributed by atoms with E-state index >= 15 is 0 Å². The van der Waals surface area contributed by atoms with Crippen molar-refractivity contribution in [2.24, 2.45) is 0 Å². The third kappa shape index (κ3) is 184. The standard InChI is InChI=1S/2C2H6AsO.Mg/c2*1-3(2)4;/h2*1-2H3;/q2*-1;+2. The summed E-state index contributed by atoms with van der Waals surface area (Å²) in [5.74, 6) is 0. The monoisotopic (exact) mass is 266 g/mol. The second-order valence-corrected chi connectivity index (χ2v) is 8.44. The summed E-state index contributed by atoms with van der Waals surface area (Å²) in [6, 6.07) is 0. The molecular weight excluding hydrogens is 254 g/mol. The molecule has 0 rings (SSSR count). The van der Waals surface area contributed by atoms with Crippen LogP contribution in [0, 0.1) is 0 Å². The van der Waals surface area contributed by atoms with Gasteiger partial charge in [-0.1, -0.05) is 0 Å². The molecule has 52 valence electrons. The topological polar surface area (TPSA) is 46.1 Å². The summed E-state index contributed by atoms with van der Waals surface area (Å²) < 4.78 is 19.3. The number of hydrogen-bond donors (Lipinski definition) is 0. The van der Waals surface area contributed by atoms with E-state index in [1.165, 1.54) is 0 Å². The summed E-state index contributed by atoms with van der Waals surface area (Å²) in [5.41, 5.74) is 7.03. The smallest absolute Gasteiger partial charge is 2.00 e. The molecule has 0 amide bonds. The zero-order chi connectivity index (χ0) is 7.15. The van der Waals surface area contributed by atoms with E-state index in [1.54, 1.807) is 22.8 Å². The Balaban J connectivity index is -0.0000000720. The van der Waals surface area contributed by atoms with Crippen molar-refractivity contribution in [3.05, 3.63) is 0 Å². The van der Waals surface area contributed by atoms with Crippen molar-refractivity contribution < 1.29 is 8.19 Å². The summed E-state index contributed by atoms with van der Waals surface area (Å²) in [6.07, 6.45) is 0. The van der Waals surface area contributed by atoms with Crippen LogP contribution in [0.2, 0.25) is 22.8 Å². The van der Waals surface area contributed by atoms with Crippen LogP contribution >= 0.6 is 0 Å². The van der Waals surface area contributed by atoms with Gasteiger partial charge in [0.15, 0.2) is 0 Å². The maximum Gasteiger partial charge on any atom is 2.00 e. The predicted molar refractivity (Wildman–Crippen MR) is 40.7 cm³/mol. The molecule has 0 heterocycles. The second-order valence-electron chi connectivity index (χ2n) is 1.62. The molecule has 5 heteroatoms. The summed E-state index contributed by atoms with van der Waals surface area (Å²) in [6.45, 7) is 0. The fourth-order valence-corrected chi connectivity index (χ4v) is 0. The van der Waals surface area contributed by atoms with Crippen LogP contribution in [0.5, 0.6) is 0 Å². The maximum atomic E-state index is 9.67. The average molecular weight is 266 g/mol. The minimum Gasteiger partial charge on any atom is 2.00 e. The molecule has 0 aromatic rings. The normalized spacial score (nSPS) is 8.00. The predicted octanol–water partition coefficient (Wildman–Crippen LogP) is -1.19. The molecule has 0 N–H and O–H groups in total. The Hall–Kier alpha value is 1.80. The first-order chi connectivity index (χ1) is 3.46. The first-order valence-corrected chi connectivity index (χ1v) is 11.2. The third-order valence-corrected chi connectivity index (χ3v) is 0. The second kappa shape index (κ2) is 12.5. The van der Waals surface area contributed by atoms with Crippen LogP contribution in [0.3, 0.4) is 0 Å². The minimum absolute atomic E-state index is 0. The molecule has 9 heavy (non-hydrogen) atoms. The summed E-state index contributed by atoms with van der Waals surface area (Å²) in [4.78, 5) is 0. The summed E-state index contributed by atoms with van der Waals surface area (Å²) in [5, 5.41) is 0. The van der Waals surface area contributed by atoms with Crippen molar-refractivity contribution in [1.29, 1.82) is 0 Å². The zero-order valence-corrected chi connectivity index (χ0v) is 11.6. The van der Waals surface area contributed by atoms with Crippen molar-refractivity contribution in [3.8, 4) is 0 Å². The molecule has 0 aliphatic heterocycles. The van der Waals surface area contributed by atoms with Crippen molar-refractivity contribution in [2.45, 2.75) is 22.8 Å². The van der Waals surface area contributed by atoms with Gasteiger partial charge in [-0.05, 0) is 0 Å². The molecule has 0 bridgehead atoms. The number of rotatable bonds is 0. The van der Waals surface area contributed by atoms with Gasteiger partial charge in [0, 0.05) is 0 Å². The molecule has 0 atom stereocenters. The van der Waals surface area contributed by atoms with E-state index in [4.69, 9.17) is 0 Å². The summed E-state index contributed by atoms with van der Waals surface area (Å²) in [7, 11) is 0. The molecular formula is C4H12As2MgO2. The zero-order valence-electron chi connectivity index (χ0n) is 6.42. The maximum absolute atomic E-state index is 9.67. The van der Waals surface area contributed by atoms with E-state index in [2.05, 4.69) is 0 Å². The van der Waals surface area contributed by atoms with Crippen LogP contribution in [-0.2, 0) is 0 Å². The molecule has 0 saturated heterocycles. The van der Waals surface area contributed by atoms with Crippen LogP contribution in [0.1, 0.15) is 0 Å². The van der Waals surface area contributed by atoms with Gasteiger partial charge >= 0.3 is 84.1 Å². The van der Waals surface area contributed by atoms with Crippen LogP contribution in [-0.4, -0.2) is 53.0 Å². The van der Waals surface area contributed by atoms with Crippen molar-refractivity contribution >= 4 is 53.0 Å². The van der Waals surface area contributed by atoms with Gasteiger partial charge in [0.1, 0.15) is 0 Å². The first-order valence-electron chi connectivity index (χ1n) is 2.15. The fraction of sp³-hybridized carbons (Fsp3) is 1.00. The van der Waals surface area contributed by atoms with Gasteiger partial charge in [-0.2, -0.15) is 0 Å². The minimum atomic E-state index is -1.44. The third-order valence-electron chi connectivity index (χ3n) is 0. The first kappa shape index (κ1) is 17.1. The molecule has 0 fully saturated rings. The van der Waals surface area contributed by atoms with Gasteiger partial charge in [-0.15, -0.1) is 0 Å². The van der Waals surface area contributed by atoms with E-state index in [0.717, 1.165) is 0 Å². The molecule has 0 aromatic heterocycles. The van der Waals surface area contributed by atoms with E-state index in [9.17, 15) is 8.19 Å². The van der Waals surface area contributed by atoms with E-state index in [0.29, 0.717) is 0 Å². The van der Waals surface area contributed by atoms with Gasteiger partial charge < -0.3 is 0 Å². The Labute approximate surface area is 83.4 Å². The van der Waals surface area contributed by atoms with Gasteiger partial charge in [-0.25, -0.2) is 0 Å². The Morgan fingerprint density at radius 3 is 0.778 bits per heavy atom. The van der Waals surface area contributed by atoms with Crippen LogP contribution in [0.25, 0.3) is 0 Å². The molecule has 0 aliphatic rings. The molecule has 0 radical (unpaired) electrons. The summed E-state index contributed by atoms with van der Waals surface area (Å²) >= 11 is -2.88. The fourth-order valence-electron chi connectivity index (χ4n) is 0. The van der Waals surface area contributed by atoms with Gasteiger partial charge in [0.2, 0.25) is 0 Å². The molecule has 0 saturated carbocycles. The number of hydrogen-bond acceptors (Lipinski definition) is 2. The Kier molecular flexibility index (Phi) is 23.6. The molecule has 0 aromatic carbocycles. The molecule has 0 spiro atoms. The Bertz CT molecular complexity index is 32.0.